The molecule has 0 aliphatic carbocycles. The Labute approximate surface area is 331 Å². The second kappa shape index (κ2) is 21.2. The number of nitro groups is 1. The van der Waals surface area contributed by atoms with Crippen LogP contribution in [-0.2, 0) is 40.4 Å². The number of nitrogens with zero attached hydrogens (tertiary/aromatic N) is 2. The highest BCUT2D eigenvalue weighted by Crippen LogP contribution is 2.31. The Morgan fingerprint density at radius 2 is 1.40 bits per heavy atom. The number of sulfonamides is 1. The third-order valence-electron chi connectivity index (χ3n) is 8.06. The highest BCUT2D eigenvalue weighted by molar-refractivity contribution is 7.92. The van der Waals surface area contributed by atoms with E-state index in [2.05, 4.69) is 4.72 Å². The van der Waals surface area contributed by atoms with Gasteiger partial charge >= 0.3 is 17.9 Å². The Hall–Kier alpha value is -6.26. The van der Waals surface area contributed by atoms with E-state index in [9.17, 15) is 32.9 Å². The van der Waals surface area contributed by atoms with E-state index in [0.29, 0.717) is 16.9 Å². The number of carbonyl (C=O) groups excluding carboxylic acids is 3. The van der Waals surface area contributed by atoms with Crippen molar-refractivity contribution in [2.75, 3.05) is 50.8 Å². The van der Waals surface area contributed by atoms with Gasteiger partial charge in [0.25, 0.3) is 15.7 Å². The topological polar surface area (TPSA) is 190 Å². The lowest BCUT2D eigenvalue weighted by Gasteiger charge is -2.22. The summed E-state index contributed by atoms with van der Waals surface area (Å²) in [6.07, 6.45) is 3.08. The first-order chi connectivity index (χ1) is 27.3. The van der Waals surface area contributed by atoms with E-state index in [4.69, 9.17) is 23.7 Å². The summed E-state index contributed by atoms with van der Waals surface area (Å²) in [5.41, 5.74) is 2.16. The maximum absolute atomic E-state index is 13.4. The average molecular weight is 804 g/mol. The van der Waals surface area contributed by atoms with Crippen molar-refractivity contribution < 1.29 is 51.4 Å². The molecule has 16 heteroatoms. The summed E-state index contributed by atoms with van der Waals surface area (Å²) in [6, 6.07) is 22.1. The zero-order valence-electron chi connectivity index (χ0n) is 32.1. The molecular formula is C41H45N3O12S. The van der Waals surface area contributed by atoms with Crippen LogP contribution in [0.5, 0.6) is 11.5 Å². The van der Waals surface area contributed by atoms with Crippen molar-refractivity contribution in [3.63, 3.8) is 0 Å². The monoisotopic (exact) mass is 803 g/mol. The van der Waals surface area contributed by atoms with E-state index < -0.39 is 32.9 Å². The van der Waals surface area contributed by atoms with Crippen LogP contribution in [0.4, 0.5) is 11.4 Å². The third kappa shape index (κ3) is 13.2. The van der Waals surface area contributed by atoms with Gasteiger partial charge in [0.2, 0.25) is 0 Å². The normalized spacial score (nSPS) is 11.2. The smallest absolute Gasteiger partial charge is 0.338 e. The predicted octanol–water partition coefficient (Wildman–Crippen LogP) is 6.44. The van der Waals surface area contributed by atoms with Crippen LogP contribution in [0, 0.1) is 17.0 Å². The molecule has 0 atom stereocenters. The van der Waals surface area contributed by atoms with Gasteiger partial charge in [-0.1, -0.05) is 48.0 Å². The van der Waals surface area contributed by atoms with Gasteiger partial charge < -0.3 is 23.7 Å². The van der Waals surface area contributed by atoms with Crippen molar-refractivity contribution in [1.82, 2.24) is 4.90 Å². The van der Waals surface area contributed by atoms with Gasteiger partial charge in [-0.3, -0.25) is 29.3 Å². The summed E-state index contributed by atoms with van der Waals surface area (Å²) in [7, 11) is -4.03. The molecule has 0 aliphatic rings. The molecule has 0 amide bonds. The van der Waals surface area contributed by atoms with Crippen molar-refractivity contribution in [3.8, 4) is 11.5 Å². The van der Waals surface area contributed by atoms with Gasteiger partial charge in [0.05, 0.1) is 59.5 Å². The highest BCUT2D eigenvalue weighted by Gasteiger charge is 2.21. The molecule has 57 heavy (non-hydrogen) atoms. The average Bonchev–Trinajstić information content (AvgIpc) is 3.17. The van der Waals surface area contributed by atoms with Crippen LogP contribution >= 0.6 is 0 Å². The molecule has 15 nitrogen and oxygen atoms in total. The minimum absolute atomic E-state index is 0.00991. The van der Waals surface area contributed by atoms with Crippen molar-refractivity contribution in [2.45, 2.75) is 39.1 Å². The Kier molecular flexibility index (Phi) is 16.1. The van der Waals surface area contributed by atoms with E-state index in [1.165, 1.54) is 36.4 Å². The van der Waals surface area contributed by atoms with E-state index >= 15 is 0 Å². The molecule has 4 aromatic carbocycles. The number of ether oxygens (including phenoxy) is 5. The van der Waals surface area contributed by atoms with E-state index in [-0.39, 0.29) is 85.8 Å². The quantitative estimate of drug-likeness (QED) is 0.0242. The lowest BCUT2D eigenvalue weighted by Crippen LogP contribution is -2.35. The van der Waals surface area contributed by atoms with Gasteiger partial charge in [0.1, 0.15) is 24.7 Å². The molecule has 0 saturated heterocycles. The van der Waals surface area contributed by atoms with Gasteiger partial charge in [-0.2, -0.15) is 0 Å². The highest BCUT2D eigenvalue weighted by atomic mass is 32.2. The van der Waals surface area contributed by atoms with Gasteiger partial charge in [-0.15, -0.1) is 0 Å². The van der Waals surface area contributed by atoms with Gasteiger partial charge in [0.15, 0.2) is 0 Å². The maximum atomic E-state index is 13.4. The third-order valence-corrected chi connectivity index (χ3v) is 9.44. The first-order valence-corrected chi connectivity index (χ1v) is 19.6. The zero-order chi connectivity index (χ0) is 41.4. The SMILES string of the molecule is CCOC(=O)CN(CC(=O)OCC)Cc1ccccc1OCCOc1cc(/C=C/c2ccc(C(=O)OCC)cc2[N+](=O)[O-])ccc1NS(=O)(=O)c1ccc(C)cc1. The molecule has 0 bridgehead atoms. The minimum Gasteiger partial charge on any atom is -0.490 e. The van der Waals surface area contributed by atoms with Crippen LogP contribution in [0.1, 0.15) is 53.4 Å². The number of benzene rings is 4. The summed E-state index contributed by atoms with van der Waals surface area (Å²) < 4.78 is 56.6. The minimum atomic E-state index is -4.03. The van der Waals surface area contributed by atoms with Gasteiger partial charge in [-0.05, 0) is 81.8 Å². The summed E-state index contributed by atoms with van der Waals surface area (Å²) in [4.78, 5) is 49.7. The molecule has 0 saturated carbocycles. The summed E-state index contributed by atoms with van der Waals surface area (Å²) >= 11 is 0. The van der Waals surface area contributed by atoms with Crippen molar-refractivity contribution >= 4 is 51.5 Å². The largest absolute Gasteiger partial charge is 0.490 e. The van der Waals surface area contributed by atoms with E-state index in [1.807, 2.05) is 6.92 Å². The Morgan fingerprint density at radius 1 is 0.772 bits per heavy atom. The van der Waals surface area contributed by atoms with Crippen LogP contribution in [0.3, 0.4) is 0 Å². The molecule has 1 N–H and O–H groups in total. The number of aryl methyl sites for hydroxylation is 1. The molecule has 0 aromatic heterocycles. The first-order valence-electron chi connectivity index (χ1n) is 18.1. The molecule has 0 radical (unpaired) electrons. The standard InChI is InChI=1S/C41H45N3O12S/c1-5-52-39(45)27-43(28-40(46)53-6-2)26-33-10-8-9-11-37(33)55-22-23-56-38-24-30(15-21-35(38)42-57(50,51)34-19-12-29(4)13-20-34)14-16-31-17-18-32(41(47)54-7-3)25-36(31)44(48)49/h8-21,24-25,42H,5-7,22-23,26-28H2,1-4H3/b16-14+. The van der Waals surface area contributed by atoms with Crippen molar-refractivity contribution in [1.29, 1.82) is 0 Å². The summed E-state index contributed by atoms with van der Waals surface area (Å²) in [5.74, 6) is -1.06. The predicted molar refractivity (Wildman–Crippen MR) is 212 cm³/mol. The number of anilines is 1. The number of nitrogens with one attached hydrogen (secondary N) is 1. The first kappa shape index (κ1) is 43.5. The summed E-state index contributed by atoms with van der Waals surface area (Å²) in [6.45, 7) is 7.18. The molecule has 0 spiro atoms. The fourth-order valence-corrected chi connectivity index (χ4v) is 6.47. The number of para-hydroxylation sites is 1. The van der Waals surface area contributed by atoms with Crippen molar-refractivity contribution in [3.05, 3.63) is 123 Å². The van der Waals surface area contributed by atoms with Crippen LogP contribution in [0.25, 0.3) is 12.2 Å². The molecule has 0 aliphatic heterocycles. The van der Waals surface area contributed by atoms with Gasteiger partial charge in [0, 0.05) is 18.2 Å². The fourth-order valence-electron chi connectivity index (χ4n) is 5.40. The second-order valence-corrected chi connectivity index (χ2v) is 14.0. The number of nitro benzene ring substituents is 1. The number of hydrogen-bond acceptors (Lipinski definition) is 13. The number of carbonyl (C=O) groups is 3. The maximum Gasteiger partial charge on any atom is 0.338 e. The number of rotatable bonds is 21. The molecule has 4 rings (SSSR count). The lowest BCUT2D eigenvalue weighted by molar-refractivity contribution is -0.385. The lowest BCUT2D eigenvalue weighted by atomic mass is 10.1. The molecule has 0 unspecified atom stereocenters. The number of hydrogen-bond donors (Lipinski definition) is 1. The van der Waals surface area contributed by atoms with Gasteiger partial charge in [-0.25, -0.2) is 13.2 Å². The summed E-state index contributed by atoms with van der Waals surface area (Å²) in [5, 5.41) is 11.9. The van der Waals surface area contributed by atoms with Crippen LogP contribution in [-0.4, -0.2) is 82.3 Å². The molecule has 302 valence electrons. The molecule has 0 fully saturated rings. The van der Waals surface area contributed by atoms with Crippen molar-refractivity contribution in [2.24, 2.45) is 0 Å². The molecular weight excluding hydrogens is 759 g/mol. The fraction of sp³-hybridized carbons (Fsp3) is 0.293. The van der Waals surface area contributed by atoms with E-state index in [0.717, 1.165) is 11.6 Å². The molecule has 4 aromatic rings. The number of esters is 3. The van der Waals surface area contributed by atoms with Crippen LogP contribution in [0.15, 0.2) is 89.8 Å². The van der Waals surface area contributed by atoms with E-state index in [1.54, 1.807) is 80.3 Å². The molecule has 0 heterocycles. The van der Waals surface area contributed by atoms with Crippen LogP contribution in [0.2, 0.25) is 0 Å². The Morgan fingerprint density at radius 3 is 2.04 bits per heavy atom. The zero-order valence-corrected chi connectivity index (χ0v) is 32.9. The Balaban J connectivity index is 1.56. The van der Waals surface area contributed by atoms with Crippen LogP contribution < -0.4 is 14.2 Å². The second-order valence-electron chi connectivity index (χ2n) is 12.3. The Bertz CT molecular complexity index is 2150.